The van der Waals surface area contributed by atoms with Crippen LogP contribution < -0.4 is 5.76 Å². The van der Waals surface area contributed by atoms with Gasteiger partial charge in [-0.05, 0) is 48.9 Å². The molecule has 4 aromatic rings. The molecule has 0 aliphatic carbocycles. The van der Waals surface area contributed by atoms with Crippen molar-refractivity contribution in [2.75, 3.05) is 0 Å². The standard InChI is InChI=1S/C17H13BrN4O2/c1-11-2-7-16-15(8-11)21(17(23)24-16)9-13-10-22(20-19-13)14-5-3-12(18)4-6-14/h2-8,10H,9H2,1H3. The van der Waals surface area contributed by atoms with Crippen molar-refractivity contribution in [3.63, 3.8) is 0 Å². The molecule has 4 rings (SSSR count). The van der Waals surface area contributed by atoms with E-state index in [1.165, 1.54) is 0 Å². The van der Waals surface area contributed by atoms with Crippen LogP contribution >= 0.6 is 15.9 Å². The van der Waals surface area contributed by atoms with Gasteiger partial charge in [-0.2, -0.15) is 0 Å². The average molecular weight is 385 g/mol. The maximum atomic E-state index is 12.1. The van der Waals surface area contributed by atoms with Crippen LogP contribution in [0.2, 0.25) is 0 Å². The molecule has 0 amide bonds. The number of aromatic nitrogens is 4. The Hall–Kier alpha value is -2.67. The van der Waals surface area contributed by atoms with Crippen molar-refractivity contribution in [3.8, 4) is 5.69 Å². The van der Waals surface area contributed by atoms with Gasteiger partial charge in [0.25, 0.3) is 0 Å². The van der Waals surface area contributed by atoms with Gasteiger partial charge in [-0.1, -0.05) is 27.2 Å². The molecule has 2 aromatic carbocycles. The van der Waals surface area contributed by atoms with Crippen molar-refractivity contribution < 1.29 is 4.42 Å². The highest BCUT2D eigenvalue weighted by atomic mass is 79.9. The Bertz CT molecular complexity index is 1080. The van der Waals surface area contributed by atoms with Gasteiger partial charge in [0.15, 0.2) is 5.58 Å². The molecule has 0 bridgehead atoms. The molecule has 7 heteroatoms. The number of benzene rings is 2. The molecule has 2 heterocycles. The number of halogens is 1. The molecule has 0 saturated carbocycles. The Morgan fingerprint density at radius 3 is 2.75 bits per heavy atom. The Morgan fingerprint density at radius 1 is 1.17 bits per heavy atom. The molecule has 0 fully saturated rings. The summed E-state index contributed by atoms with van der Waals surface area (Å²) in [5.74, 6) is -0.395. The summed E-state index contributed by atoms with van der Waals surface area (Å²) in [5.41, 5.74) is 3.99. The lowest BCUT2D eigenvalue weighted by Gasteiger charge is -2.00. The molecule has 0 saturated heterocycles. The number of hydrogen-bond donors (Lipinski definition) is 0. The summed E-state index contributed by atoms with van der Waals surface area (Å²) in [7, 11) is 0. The minimum atomic E-state index is -0.395. The van der Waals surface area contributed by atoms with Gasteiger partial charge >= 0.3 is 5.76 Å². The maximum Gasteiger partial charge on any atom is 0.420 e. The van der Waals surface area contributed by atoms with Gasteiger partial charge in [-0.25, -0.2) is 9.48 Å². The topological polar surface area (TPSA) is 65.8 Å². The number of fused-ring (bicyclic) bond motifs is 1. The number of nitrogens with zero attached hydrogens (tertiary/aromatic N) is 4. The van der Waals surface area contributed by atoms with Crippen LogP contribution in [-0.2, 0) is 6.54 Å². The summed E-state index contributed by atoms with van der Waals surface area (Å²) in [5, 5.41) is 8.29. The Balaban J connectivity index is 1.69. The van der Waals surface area contributed by atoms with Crippen LogP contribution in [0.4, 0.5) is 0 Å². The van der Waals surface area contributed by atoms with Gasteiger partial charge in [-0.15, -0.1) is 5.10 Å². The molecule has 6 nitrogen and oxygen atoms in total. The molecule has 120 valence electrons. The molecule has 2 aromatic heterocycles. The van der Waals surface area contributed by atoms with Crippen LogP contribution in [-0.4, -0.2) is 19.6 Å². The van der Waals surface area contributed by atoms with E-state index in [9.17, 15) is 4.79 Å². The number of aryl methyl sites for hydroxylation is 1. The van der Waals surface area contributed by atoms with Gasteiger partial charge in [0.2, 0.25) is 0 Å². The zero-order valence-corrected chi connectivity index (χ0v) is 14.4. The highest BCUT2D eigenvalue weighted by molar-refractivity contribution is 9.10. The van der Waals surface area contributed by atoms with Crippen LogP contribution in [0.15, 0.2) is 62.3 Å². The first-order valence-corrected chi connectivity index (χ1v) is 8.16. The Kier molecular flexibility index (Phi) is 3.57. The molecule has 24 heavy (non-hydrogen) atoms. The summed E-state index contributed by atoms with van der Waals surface area (Å²) in [6.07, 6.45) is 1.81. The van der Waals surface area contributed by atoms with E-state index in [2.05, 4.69) is 26.2 Å². The summed E-state index contributed by atoms with van der Waals surface area (Å²) in [6, 6.07) is 13.4. The molecular weight excluding hydrogens is 372 g/mol. The summed E-state index contributed by atoms with van der Waals surface area (Å²) in [6.45, 7) is 2.29. The van der Waals surface area contributed by atoms with Crippen LogP contribution in [0.5, 0.6) is 0 Å². The fourth-order valence-electron chi connectivity index (χ4n) is 2.57. The zero-order valence-electron chi connectivity index (χ0n) is 12.8. The fraction of sp³-hybridized carbons (Fsp3) is 0.118. The smallest absolute Gasteiger partial charge is 0.408 e. The highest BCUT2D eigenvalue weighted by Gasteiger charge is 2.12. The predicted octanol–water partition coefficient (Wildman–Crippen LogP) is 3.29. The number of oxazole rings is 1. The Labute approximate surface area is 145 Å². The van der Waals surface area contributed by atoms with Crippen LogP contribution in [0.25, 0.3) is 16.8 Å². The molecule has 0 unspecified atom stereocenters. The molecule has 0 N–H and O–H groups in total. The normalized spacial score (nSPS) is 11.2. The third-order valence-corrected chi connectivity index (χ3v) is 4.30. The quantitative estimate of drug-likeness (QED) is 0.543. The van der Waals surface area contributed by atoms with E-state index < -0.39 is 5.76 Å². The molecule has 0 spiro atoms. The third-order valence-electron chi connectivity index (χ3n) is 3.78. The number of hydrogen-bond acceptors (Lipinski definition) is 4. The van der Waals surface area contributed by atoms with Crippen LogP contribution in [0.3, 0.4) is 0 Å². The van der Waals surface area contributed by atoms with E-state index >= 15 is 0 Å². The van der Waals surface area contributed by atoms with E-state index in [4.69, 9.17) is 4.42 Å². The fourth-order valence-corrected chi connectivity index (χ4v) is 2.84. The van der Waals surface area contributed by atoms with Crippen LogP contribution in [0.1, 0.15) is 11.3 Å². The van der Waals surface area contributed by atoms with Gasteiger partial charge in [0, 0.05) is 4.47 Å². The Morgan fingerprint density at radius 2 is 1.96 bits per heavy atom. The lowest BCUT2D eigenvalue weighted by molar-refractivity contribution is 0.516. The number of rotatable bonds is 3. The van der Waals surface area contributed by atoms with Crippen molar-refractivity contribution in [1.29, 1.82) is 0 Å². The molecule has 0 aliphatic heterocycles. The van der Waals surface area contributed by atoms with E-state index in [0.717, 1.165) is 21.2 Å². The first kappa shape index (κ1) is 14.9. The van der Waals surface area contributed by atoms with Gasteiger partial charge in [0.05, 0.1) is 23.9 Å². The van der Waals surface area contributed by atoms with E-state index in [1.807, 2.05) is 49.5 Å². The van der Waals surface area contributed by atoms with Crippen molar-refractivity contribution in [1.82, 2.24) is 19.6 Å². The largest absolute Gasteiger partial charge is 0.420 e. The second kappa shape index (κ2) is 5.76. The summed E-state index contributed by atoms with van der Waals surface area (Å²) >= 11 is 3.41. The van der Waals surface area contributed by atoms with Gasteiger partial charge in [0.1, 0.15) is 5.69 Å². The summed E-state index contributed by atoms with van der Waals surface area (Å²) in [4.78, 5) is 12.1. The third kappa shape index (κ3) is 2.67. The van der Waals surface area contributed by atoms with Crippen LogP contribution in [0, 0.1) is 6.92 Å². The van der Waals surface area contributed by atoms with Crippen molar-refractivity contribution >= 4 is 27.0 Å². The average Bonchev–Trinajstić information content (AvgIpc) is 3.14. The monoisotopic (exact) mass is 384 g/mol. The minimum absolute atomic E-state index is 0.311. The minimum Gasteiger partial charge on any atom is -0.408 e. The zero-order chi connectivity index (χ0) is 16.7. The van der Waals surface area contributed by atoms with Crippen molar-refractivity contribution in [2.24, 2.45) is 0 Å². The predicted molar refractivity (Wildman–Crippen MR) is 93.4 cm³/mol. The molecule has 0 radical (unpaired) electrons. The summed E-state index contributed by atoms with van der Waals surface area (Å²) < 4.78 is 9.53. The van der Waals surface area contributed by atoms with Crippen molar-refractivity contribution in [3.05, 3.63) is 74.9 Å². The van der Waals surface area contributed by atoms with E-state index in [0.29, 0.717) is 17.8 Å². The SMILES string of the molecule is Cc1ccc2oc(=O)n(Cc3cn(-c4ccc(Br)cc4)nn3)c2c1. The molecule has 0 aliphatic rings. The first-order chi connectivity index (χ1) is 11.6. The van der Waals surface area contributed by atoms with Gasteiger partial charge < -0.3 is 4.42 Å². The lowest BCUT2D eigenvalue weighted by Crippen LogP contribution is -2.15. The van der Waals surface area contributed by atoms with Crippen molar-refractivity contribution in [2.45, 2.75) is 13.5 Å². The molecular formula is C17H13BrN4O2. The lowest BCUT2D eigenvalue weighted by atomic mass is 10.2. The van der Waals surface area contributed by atoms with E-state index in [-0.39, 0.29) is 0 Å². The second-order valence-corrected chi connectivity index (χ2v) is 6.47. The second-order valence-electron chi connectivity index (χ2n) is 5.56. The van der Waals surface area contributed by atoms with E-state index in [1.54, 1.807) is 15.3 Å². The van der Waals surface area contributed by atoms with Gasteiger partial charge in [-0.3, -0.25) is 4.57 Å². The maximum absolute atomic E-state index is 12.1. The first-order valence-electron chi connectivity index (χ1n) is 7.37. The highest BCUT2D eigenvalue weighted by Crippen LogP contribution is 2.17. The molecule has 0 atom stereocenters.